The molecule has 0 saturated carbocycles. The molecule has 2 aromatic carbocycles. The molecule has 3 aromatic rings. The fraction of sp³-hybridized carbons (Fsp3) is 0.167. The number of rotatable bonds is 5. The minimum absolute atomic E-state index is 0.0108. The number of nitrogens with one attached hydrogen (secondary N) is 1. The van der Waals surface area contributed by atoms with Crippen molar-refractivity contribution in [3.63, 3.8) is 0 Å². The Balaban J connectivity index is 1.73. The van der Waals surface area contributed by atoms with Gasteiger partial charge in [-0.15, -0.1) is 0 Å². The van der Waals surface area contributed by atoms with Crippen molar-refractivity contribution < 1.29 is 18.3 Å². The Hall–Kier alpha value is -3.29. The monoisotopic (exact) mass is 359 g/mol. The van der Waals surface area contributed by atoms with Gasteiger partial charge in [0.05, 0.1) is 17.2 Å². The first-order valence-electron chi connectivity index (χ1n) is 7.73. The highest BCUT2D eigenvalue weighted by molar-refractivity contribution is 5.90. The third-order valence-corrected chi connectivity index (χ3v) is 3.66. The maximum atomic E-state index is 12.5. The van der Waals surface area contributed by atoms with Gasteiger partial charge < -0.3 is 10.1 Å². The average Bonchev–Trinajstić information content (AvgIpc) is 2.59. The second kappa shape index (κ2) is 7.30. The number of nitrogens with zero attached hydrogens (tertiary/aromatic N) is 2. The second-order valence-electron chi connectivity index (χ2n) is 5.65. The zero-order valence-electron chi connectivity index (χ0n) is 13.8. The normalized spacial score (nSPS) is 10.9. The van der Waals surface area contributed by atoms with E-state index >= 15 is 0 Å². The molecule has 0 unspecified atom stereocenters. The van der Waals surface area contributed by atoms with Gasteiger partial charge in [0.2, 0.25) is 5.91 Å². The number of carbonyl (C=O) groups is 1. The van der Waals surface area contributed by atoms with Crippen LogP contribution in [0.2, 0.25) is 0 Å². The molecule has 26 heavy (non-hydrogen) atoms. The van der Waals surface area contributed by atoms with Crippen LogP contribution in [0.15, 0.2) is 53.6 Å². The number of carbonyl (C=O) groups excluding carboxylic acids is 1. The van der Waals surface area contributed by atoms with Crippen molar-refractivity contribution in [2.24, 2.45) is 0 Å². The lowest BCUT2D eigenvalue weighted by Crippen LogP contribution is -2.27. The van der Waals surface area contributed by atoms with Crippen LogP contribution in [0.25, 0.3) is 10.9 Å². The summed E-state index contributed by atoms with van der Waals surface area (Å²) in [6.07, 6.45) is 1.32. The first kappa shape index (κ1) is 17.5. The van der Waals surface area contributed by atoms with Crippen LogP contribution in [0, 0.1) is 6.92 Å². The van der Waals surface area contributed by atoms with Crippen LogP contribution in [-0.4, -0.2) is 22.1 Å². The first-order chi connectivity index (χ1) is 12.4. The molecule has 0 spiro atoms. The molecule has 8 heteroatoms. The van der Waals surface area contributed by atoms with Crippen LogP contribution in [0.4, 0.5) is 14.5 Å². The van der Waals surface area contributed by atoms with Crippen molar-refractivity contribution in [3.8, 4) is 5.75 Å². The van der Waals surface area contributed by atoms with E-state index < -0.39 is 12.5 Å². The summed E-state index contributed by atoms with van der Waals surface area (Å²) in [7, 11) is 0. The Labute approximate surface area is 147 Å². The highest BCUT2D eigenvalue weighted by atomic mass is 19.3. The third-order valence-electron chi connectivity index (χ3n) is 3.66. The molecule has 3 rings (SSSR count). The quantitative estimate of drug-likeness (QED) is 0.760. The molecule has 1 amide bonds. The smallest absolute Gasteiger partial charge is 0.387 e. The summed E-state index contributed by atoms with van der Waals surface area (Å²) in [6.45, 7) is -1.26. The van der Waals surface area contributed by atoms with E-state index in [2.05, 4.69) is 15.0 Å². The zero-order valence-corrected chi connectivity index (χ0v) is 13.8. The summed E-state index contributed by atoms with van der Waals surface area (Å²) in [5.74, 6) is -0.452. The molecule has 0 aliphatic heterocycles. The number of aryl methyl sites for hydroxylation is 1. The predicted octanol–water partition coefficient (Wildman–Crippen LogP) is 2.95. The number of fused-ring (bicyclic) bond motifs is 1. The number of benzene rings is 2. The van der Waals surface area contributed by atoms with E-state index in [4.69, 9.17) is 0 Å². The van der Waals surface area contributed by atoms with Gasteiger partial charge in [-0.25, -0.2) is 4.98 Å². The Bertz CT molecular complexity index is 1000. The molecule has 0 atom stereocenters. The van der Waals surface area contributed by atoms with Gasteiger partial charge in [-0.05, 0) is 43.3 Å². The summed E-state index contributed by atoms with van der Waals surface area (Å²) in [6, 6.07) is 10.8. The Kier molecular flexibility index (Phi) is 4.92. The van der Waals surface area contributed by atoms with Crippen LogP contribution in [0.1, 0.15) is 5.56 Å². The van der Waals surface area contributed by atoms with Gasteiger partial charge in [-0.3, -0.25) is 14.2 Å². The predicted molar refractivity (Wildman–Crippen MR) is 92.4 cm³/mol. The number of anilines is 1. The van der Waals surface area contributed by atoms with E-state index in [-0.39, 0.29) is 17.9 Å². The molecule has 1 aromatic heterocycles. The lowest BCUT2D eigenvalue weighted by atomic mass is 10.2. The van der Waals surface area contributed by atoms with Crippen LogP contribution in [0.5, 0.6) is 5.75 Å². The maximum Gasteiger partial charge on any atom is 0.387 e. The third kappa shape index (κ3) is 4.02. The lowest BCUT2D eigenvalue weighted by molar-refractivity contribution is -0.116. The van der Waals surface area contributed by atoms with E-state index in [1.54, 1.807) is 12.1 Å². The van der Waals surface area contributed by atoms with Crippen LogP contribution in [-0.2, 0) is 11.3 Å². The molecule has 0 bridgehead atoms. The summed E-state index contributed by atoms with van der Waals surface area (Å²) < 4.78 is 29.7. The molecule has 0 radical (unpaired) electrons. The van der Waals surface area contributed by atoms with Crippen molar-refractivity contribution in [2.75, 3.05) is 5.32 Å². The number of hydrogen-bond donors (Lipinski definition) is 1. The Morgan fingerprint density at radius 1 is 1.23 bits per heavy atom. The lowest BCUT2D eigenvalue weighted by Gasteiger charge is -2.09. The number of aromatic nitrogens is 2. The van der Waals surface area contributed by atoms with E-state index in [1.165, 1.54) is 35.2 Å². The number of halogens is 2. The van der Waals surface area contributed by atoms with Gasteiger partial charge in [0.1, 0.15) is 12.3 Å². The summed E-state index contributed by atoms with van der Waals surface area (Å²) in [4.78, 5) is 28.8. The highest BCUT2D eigenvalue weighted by Gasteiger charge is 2.09. The topological polar surface area (TPSA) is 73.2 Å². The molecule has 1 N–H and O–H groups in total. The van der Waals surface area contributed by atoms with E-state index in [9.17, 15) is 18.4 Å². The highest BCUT2D eigenvalue weighted by Crippen LogP contribution is 2.17. The minimum Gasteiger partial charge on any atom is -0.435 e. The van der Waals surface area contributed by atoms with Gasteiger partial charge in [0, 0.05) is 5.69 Å². The second-order valence-corrected chi connectivity index (χ2v) is 5.65. The Morgan fingerprint density at radius 2 is 1.96 bits per heavy atom. The van der Waals surface area contributed by atoms with E-state index in [0.29, 0.717) is 16.6 Å². The first-order valence-corrected chi connectivity index (χ1v) is 7.73. The minimum atomic E-state index is -2.91. The van der Waals surface area contributed by atoms with E-state index in [1.807, 2.05) is 13.0 Å². The summed E-state index contributed by atoms with van der Waals surface area (Å²) >= 11 is 0. The summed E-state index contributed by atoms with van der Waals surface area (Å²) in [5.41, 5.74) is 1.57. The van der Waals surface area contributed by atoms with Crippen molar-refractivity contribution >= 4 is 22.5 Å². The molecular formula is C18H15F2N3O3. The van der Waals surface area contributed by atoms with E-state index in [0.717, 1.165) is 5.56 Å². The molecule has 0 aliphatic rings. The molecule has 0 fully saturated rings. The van der Waals surface area contributed by atoms with Crippen molar-refractivity contribution in [3.05, 3.63) is 64.7 Å². The average molecular weight is 359 g/mol. The SMILES string of the molecule is Cc1ccc2ncn(CC(=O)Nc3ccc(OC(F)F)cc3)c(=O)c2c1. The molecule has 6 nitrogen and oxygen atoms in total. The number of hydrogen-bond acceptors (Lipinski definition) is 4. The molecule has 0 saturated heterocycles. The number of ether oxygens (including phenoxy) is 1. The fourth-order valence-electron chi connectivity index (χ4n) is 2.46. The van der Waals surface area contributed by atoms with Gasteiger partial charge in [0.15, 0.2) is 0 Å². The number of amides is 1. The van der Waals surface area contributed by atoms with Gasteiger partial charge in [0.25, 0.3) is 5.56 Å². The van der Waals surface area contributed by atoms with Crippen molar-refractivity contribution in [1.29, 1.82) is 0 Å². The molecule has 0 aliphatic carbocycles. The van der Waals surface area contributed by atoms with Crippen molar-refractivity contribution in [1.82, 2.24) is 9.55 Å². The van der Waals surface area contributed by atoms with Crippen LogP contribution < -0.4 is 15.6 Å². The Morgan fingerprint density at radius 3 is 2.65 bits per heavy atom. The van der Waals surface area contributed by atoms with Crippen LogP contribution in [0.3, 0.4) is 0 Å². The largest absolute Gasteiger partial charge is 0.435 e. The van der Waals surface area contributed by atoms with Crippen LogP contribution >= 0.6 is 0 Å². The fourth-order valence-corrected chi connectivity index (χ4v) is 2.46. The molecule has 134 valence electrons. The maximum absolute atomic E-state index is 12.5. The summed E-state index contributed by atoms with van der Waals surface area (Å²) in [5, 5.41) is 3.03. The standard InChI is InChI=1S/C18H15F2N3O3/c1-11-2-7-15-14(8-11)17(25)23(10-21-15)9-16(24)22-12-3-5-13(6-4-12)26-18(19)20/h2-8,10,18H,9H2,1H3,(H,22,24). The van der Waals surface area contributed by atoms with Gasteiger partial charge >= 0.3 is 6.61 Å². The van der Waals surface area contributed by atoms with Gasteiger partial charge in [-0.1, -0.05) is 11.6 Å². The molecule has 1 heterocycles. The molecular weight excluding hydrogens is 344 g/mol. The zero-order chi connectivity index (χ0) is 18.7. The van der Waals surface area contributed by atoms with Crippen molar-refractivity contribution in [2.45, 2.75) is 20.1 Å². The van der Waals surface area contributed by atoms with Gasteiger partial charge in [-0.2, -0.15) is 8.78 Å². The number of alkyl halides is 2.